The molecule has 3 atom stereocenters. The molecule has 10 aromatic rings. The maximum absolute atomic E-state index is 15.2. The van der Waals surface area contributed by atoms with Crippen LogP contribution in [0.1, 0.15) is 0 Å². The van der Waals surface area contributed by atoms with Crippen LogP contribution in [0.4, 0.5) is 0 Å². The van der Waals surface area contributed by atoms with Crippen molar-refractivity contribution in [2.24, 2.45) is 0 Å². The van der Waals surface area contributed by atoms with Crippen LogP contribution in [0.5, 0.6) is 69.8 Å². The van der Waals surface area contributed by atoms with E-state index in [1.807, 2.05) is 72.8 Å². The minimum Gasteiger partial charge on any atom is -0.507 e. The summed E-state index contributed by atoms with van der Waals surface area (Å²) < 4.78 is 83.1. The summed E-state index contributed by atoms with van der Waals surface area (Å²) in [6, 6.07) is 53.8. The number of phenols is 3. The zero-order valence-corrected chi connectivity index (χ0v) is 41.4. The number of nitrogens with zero attached hydrogens (tertiary/aromatic N) is 3. The fraction of sp³-hybridized carbons (Fsp3) is 0. The van der Waals surface area contributed by atoms with Crippen LogP contribution in [0.3, 0.4) is 0 Å². The molecule has 0 aliphatic carbocycles. The number of benzene rings is 9. The van der Waals surface area contributed by atoms with Crippen LogP contribution >= 0.6 is 22.1 Å². The molecular formula is C57H36N3O12P3. The summed E-state index contributed by atoms with van der Waals surface area (Å²) in [5, 5.41) is 34.9. The zero-order chi connectivity index (χ0) is 51.1. The van der Waals surface area contributed by atoms with Crippen LogP contribution in [-0.4, -0.2) is 30.3 Å². The van der Waals surface area contributed by atoms with Gasteiger partial charge < -0.3 is 43.1 Å². The predicted molar refractivity (Wildman–Crippen MR) is 283 cm³/mol. The number of hydrogen-bond donors (Lipinski definition) is 3. The maximum Gasteiger partial charge on any atom is 0.331 e. The molecule has 3 aliphatic heterocycles. The minimum absolute atomic E-state index is 0.0119. The highest BCUT2D eigenvalue weighted by Crippen LogP contribution is 2.58. The number of hydrogen-bond acceptors (Lipinski definition) is 15. The molecule has 4 heterocycles. The van der Waals surface area contributed by atoms with Crippen LogP contribution in [0.25, 0.3) is 33.4 Å². The number of fused-ring (bicyclic) bond motifs is 9. The Morgan fingerprint density at radius 2 is 0.560 bits per heavy atom. The van der Waals surface area contributed by atoms with Gasteiger partial charge in [0.25, 0.3) is 0 Å². The molecule has 3 aliphatic rings. The summed E-state index contributed by atoms with van der Waals surface area (Å²) in [6.07, 6.45) is 0. The molecule has 75 heavy (non-hydrogen) atoms. The van der Waals surface area contributed by atoms with Crippen molar-refractivity contribution in [1.82, 2.24) is 15.0 Å². The fourth-order valence-corrected chi connectivity index (χ4v) is 16.5. The molecule has 0 saturated heterocycles. The van der Waals surface area contributed by atoms with Gasteiger partial charge in [0.15, 0.2) is 0 Å². The van der Waals surface area contributed by atoms with Gasteiger partial charge in [0.1, 0.15) is 51.7 Å². The smallest absolute Gasteiger partial charge is 0.331 e. The second-order valence-corrected chi connectivity index (χ2v) is 24.2. The van der Waals surface area contributed by atoms with Gasteiger partial charge in [-0.2, -0.15) is 0 Å². The van der Waals surface area contributed by atoms with Gasteiger partial charge in [0, 0.05) is 16.7 Å². The van der Waals surface area contributed by atoms with Crippen molar-refractivity contribution in [1.29, 1.82) is 0 Å². The first-order valence-electron chi connectivity index (χ1n) is 23.2. The van der Waals surface area contributed by atoms with Crippen molar-refractivity contribution in [2.75, 3.05) is 0 Å². The van der Waals surface area contributed by atoms with E-state index in [9.17, 15) is 15.3 Å². The first kappa shape index (κ1) is 45.7. The Morgan fingerprint density at radius 1 is 0.307 bits per heavy atom. The van der Waals surface area contributed by atoms with Crippen LogP contribution < -0.4 is 59.6 Å². The Hall–Kier alpha value is -9.12. The van der Waals surface area contributed by atoms with Crippen molar-refractivity contribution >= 4 is 53.9 Å². The van der Waals surface area contributed by atoms with E-state index in [2.05, 4.69) is 15.0 Å². The van der Waals surface area contributed by atoms with Gasteiger partial charge in [-0.3, -0.25) is 13.7 Å². The summed E-state index contributed by atoms with van der Waals surface area (Å²) >= 11 is 0. The second kappa shape index (κ2) is 17.5. The molecule has 0 amide bonds. The first-order chi connectivity index (χ1) is 36.4. The quantitative estimate of drug-likeness (QED) is 0.115. The summed E-state index contributed by atoms with van der Waals surface area (Å²) in [4.78, 5) is 13.3. The van der Waals surface area contributed by atoms with Crippen LogP contribution in [0.2, 0.25) is 0 Å². The number of rotatable bonds is 9. The Labute approximate surface area is 427 Å². The van der Waals surface area contributed by atoms with Crippen molar-refractivity contribution in [3.63, 3.8) is 0 Å². The lowest BCUT2D eigenvalue weighted by molar-refractivity contribution is 0.361. The van der Waals surface area contributed by atoms with E-state index in [1.165, 1.54) is 54.6 Å². The largest absolute Gasteiger partial charge is 0.507 e. The average Bonchev–Trinajstić information content (AvgIpc) is 3.45. The van der Waals surface area contributed by atoms with Gasteiger partial charge in [-0.05, 0) is 108 Å². The normalized spacial score (nSPS) is 18.4. The van der Waals surface area contributed by atoms with E-state index < -0.39 is 40.1 Å². The topological polar surface area (TPSA) is 206 Å². The van der Waals surface area contributed by atoms with E-state index in [0.717, 1.165) is 16.7 Å². The summed E-state index contributed by atoms with van der Waals surface area (Å²) in [7, 11) is -12.1. The van der Waals surface area contributed by atoms with E-state index in [0.29, 0.717) is 49.9 Å². The lowest BCUT2D eigenvalue weighted by atomic mass is 10.0. The van der Waals surface area contributed by atoms with Crippen molar-refractivity contribution < 1.29 is 56.8 Å². The van der Waals surface area contributed by atoms with E-state index in [4.69, 9.17) is 27.8 Å². The molecule has 3 N–H and O–H groups in total. The molecule has 1 aromatic heterocycles. The number of aromatic nitrogens is 3. The highest BCUT2D eigenvalue weighted by atomic mass is 31.2. The van der Waals surface area contributed by atoms with Gasteiger partial charge >= 0.3 is 40.1 Å². The molecule has 0 saturated carbocycles. The molecule has 9 aromatic carbocycles. The van der Waals surface area contributed by atoms with E-state index in [1.54, 1.807) is 72.8 Å². The first-order valence-corrected chi connectivity index (χ1v) is 28.1. The number of aromatic hydroxyl groups is 3. The Kier molecular flexibility index (Phi) is 10.7. The van der Waals surface area contributed by atoms with Crippen LogP contribution in [-0.2, 0) is 13.7 Å². The lowest BCUT2D eigenvalue weighted by Crippen LogP contribution is -2.25. The molecule has 0 bridgehead atoms. The minimum atomic E-state index is -4.04. The van der Waals surface area contributed by atoms with Gasteiger partial charge in [0.05, 0.1) is 31.8 Å². The Morgan fingerprint density at radius 3 is 0.853 bits per heavy atom. The third-order valence-corrected chi connectivity index (χ3v) is 20.3. The zero-order valence-electron chi connectivity index (χ0n) is 38.8. The predicted octanol–water partition coefficient (Wildman–Crippen LogP) is 11.2. The number of para-hydroxylation sites is 3. The molecular weight excluding hydrogens is 1010 g/mol. The second-order valence-electron chi connectivity index (χ2n) is 17.4. The molecule has 15 nitrogen and oxygen atoms in total. The highest BCUT2D eigenvalue weighted by molar-refractivity contribution is 7.76. The van der Waals surface area contributed by atoms with Gasteiger partial charge in [-0.1, -0.05) is 109 Å². The number of phenolic OH excluding ortho intramolecular Hbond substituents is 3. The average molecular weight is 1050 g/mol. The van der Waals surface area contributed by atoms with E-state index >= 15 is 13.7 Å². The van der Waals surface area contributed by atoms with Crippen molar-refractivity contribution in [2.45, 2.75) is 0 Å². The summed E-state index contributed by atoms with van der Waals surface area (Å²) in [6.45, 7) is 0. The number of ether oxygens (including phenoxy) is 3. The fourth-order valence-electron chi connectivity index (χ4n) is 9.46. The Balaban J connectivity index is 0.892. The lowest BCUT2D eigenvalue weighted by Gasteiger charge is -2.29. The molecule has 13 rings (SSSR count). The summed E-state index contributed by atoms with van der Waals surface area (Å²) in [5.74, 6) is 0.156. The van der Waals surface area contributed by atoms with Crippen molar-refractivity contribution in [3.8, 4) is 103 Å². The third kappa shape index (κ3) is 7.67. The van der Waals surface area contributed by atoms with Crippen molar-refractivity contribution in [3.05, 3.63) is 200 Å². The SMILES string of the molecule is O=P1(c2cc(Oc3nc(Oc4ccc(O)c(P5(=O)Oc6ccccc6-c6ccccc65)c4)nc(Oc4ccc(O)c(P5(=O)Oc6ccccc6-c6ccccc65)c4)n3)ccc2O)Oc2ccccc2-c2ccccc21. The van der Waals surface area contributed by atoms with Gasteiger partial charge in [0.2, 0.25) is 0 Å². The third-order valence-electron chi connectivity index (χ3n) is 12.9. The monoisotopic (exact) mass is 1050 g/mol. The van der Waals surface area contributed by atoms with Crippen LogP contribution in [0.15, 0.2) is 200 Å². The van der Waals surface area contributed by atoms with Gasteiger partial charge in [-0.15, -0.1) is 15.0 Å². The molecule has 3 unspecified atom stereocenters. The summed E-state index contributed by atoms with van der Waals surface area (Å²) in [5.41, 5.74) is 4.23. The maximum atomic E-state index is 15.2. The molecule has 366 valence electrons. The molecule has 0 spiro atoms. The molecule has 0 fully saturated rings. The molecule has 18 heteroatoms. The van der Waals surface area contributed by atoms with Crippen LogP contribution in [0, 0.1) is 0 Å². The highest BCUT2D eigenvalue weighted by Gasteiger charge is 2.43. The van der Waals surface area contributed by atoms with E-state index in [-0.39, 0.29) is 50.4 Å². The standard InChI is InChI=1S/C57H36N3O12P3/c61-43-28-25-34(31-52(43)73(64)49-22-10-4-16-40(49)37-13-1-7-19-46(37)70-73)67-55-58-56(68-35-26-29-44(62)53(32-35)74(65)50-23-11-5-17-41(50)38-14-2-8-20-47(38)71-74)60-57(59-55)69-36-27-30-45(63)54(33-36)75(66)51-24-12-6-18-42(51)39-15-3-9-21-48(39)72-75/h1-33,61-63H. The Bertz CT molecular complexity index is 3740. The molecule has 0 radical (unpaired) electrons. The van der Waals surface area contributed by atoms with Gasteiger partial charge in [-0.25, -0.2) is 0 Å².